The Balaban J connectivity index is 2.81. The van der Waals surface area contributed by atoms with E-state index >= 15 is 0 Å². The molecule has 0 aliphatic carbocycles. The van der Waals surface area contributed by atoms with Crippen LogP contribution >= 0.6 is 11.3 Å². The zero-order valence-electron chi connectivity index (χ0n) is 5.09. The van der Waals surface area contributed by atoms with Gasteiger partial charge in [-0.1, -0.05) is 0 Å². The molecule has 0 saturated carbocycles. The molecule has 0 fully saturated rings. The van der Waals surface area contributed by atoms with E-state index in [1.54, 1.807) is 0 Å². The average molecular weight is 148 g/mol. The first-order chi connectivity index (χ1) is 4.90. The fraction of sp³-hybridized carbons (Fsp3) is 0. The lowest BCUT2D eigenvalue weighted by atomic mass is 10.4. The van der Waals surface area contributed by atoms with Gasteiger partial charge in [-0.25, -0.2) is 0 Å². The van der Waals surface area contributed by atoms with Gasteiger partial charge in [-0.05, 0) is 12.1 Å². The van der Waals surface area contributed by atoms with Gasteiger partial charge in [0, 0.05) is 6.20 Å². The molecule has 2 rings (SSSR count). The molecule has 0 amide bonds. The van der Waals surface area contributed by atoms with Crippen LogP contribution < -0.4 is 0 Å². The van der Waals surface area contributed by atoms with Crippen LogP contribution in [-0.2, 0) is 0 Å². The van der Waals surface area contributed by atoms with Crippen molar-refractivity contribution in [1.82, 2.24) is 4.98 Å². The van der Waals surface area contributed by atoms with Crippen LogP contribution in [0.3, 0.4) is 0 Å². The first-order valence-corrected chi connectivity index (χ1v) is 3.69. The highest BCUT2D eigenvalue weighted by atomic mass is 32.1. The molecule has 0 atom stereocenters. The van der Waals surface area contributed by atoms with Crippen LogP contribution in [0.1, 0.15) is 4.88 Å². The molecular formula is C7H4N2S. The molecule has 2 aromatic rings. The van der Waals surface area contributed by atoms with Crippen molar-refractivity contribution >= 4 is 21.6 Å². The lowest BCUT2D eigenvalue weighted by Crippen LogP contribution is -1.56. The molecule has 1 N–H and O–H groups in total. The van der Waals surface area contributed by atoms with Gasteiger partial charge in [-0.2, -0.15) is 5.26 Å². The predicted molar refractivity (Wildman–Crippen MR) is 40.9 cm³/mol. The van der Waals surface area contributed by atoms with E-state index in [0.29, 0.717) is 0 Å². The number of fused-ring (bicyclic) bond motifs is 1. The van der Waals surface area contributed by atoms with Crippen LogP contribution in [-0.4, -0.2) is 4.98 Å². The van der Waals surface area contributed by atoms with E-state index < -0.39 is 0 Å². The molecule has 0 saturated heterocycles. The molecule has 2 nitrogen and oxygen atoms in total. The van der Waals surface area contributed by atoms with Crippen molar-refractivity contribution in [1.29, 1.82) is 5.26 Å². The molecule has 0 aliphatic rings. The van der Waals surface area contributed by atoms with Gasteiger partial charge in [0.05, 0.1) is 10.2 Å². The van der Waals surface area contributed by atoms with E-state index in [-0.39, 0.29) is 0 Å². The van der Waals surface area contributed by atoms with Crippen molar-refractivity contribution in [3.05, 3.63) is 23.2 Å². The second-order valence-corrected chi connectivity index (χ2v) is 3.06. The summed E-state index contributed by atoms with van der Waals surface area (Å²) in [6.45, 7) is 0. The van der Waals surface area contributed by atoms with E-state index in [1.165, 1.54) is 11.3 Å². The lowest BCUT2D eigenvalue weighted by Gasteiger charge is -1.68. The third-order valence-electron chi connectivity index (χ3n) is 1.34. The first-order valence-electron chi connectivity index (χ1n) is 2.87. The van der Waals surface area contributed by atoms with Crippen LogP contribution in [0, 0.1) is 11.3 Å². The largest absolute Gasteiger partial charge is 0.360 e. The second-order valence-electron chi connectivity index (χ2n) is 1.98. The van der Waals surface area contributed by atoms with Crippen molar-refractivity contribution in [3.8, 4) is 6.07 Å². The fourth-order valence-electron chi connectivity index (χ4n) is 0.904. The van der Waals surface area contributed by atoms with E-state index in [2.05, 4.69) is 11.1 Å². The number of hydrogen-bond acceptors (Lipinski definition) is 2. The number of nitrogens with one attached hydrogen (secondary N) is 1. The van der Waals surface area contributed by atoms with Crippen molar-refractivity contribution in [2.45, 2.75) is 0 Å². The van der Waals surface area contributed by atoms with Crippen LogP contribution in [0.5, 0.6) is 0 Å². The number of thiophene rings is 1. The molecule has 0 aliphatic heterocycles. The minimum Gasteiger partial charge on any atom is -0.360 e. The molecule has 10 heavy (non-hydrogen) atoms. The molecule has 0 bridgehead atoms. The van der Waals surface area contributed by atoms with Gasteiger partial charge in [0.15, 0.2) is 0 Å². The second kappa shape index (κ2) is 1.86. The van der Waals surface area contributed by atoms with Gasteiger partial charge in [-0.3, -0.25) is 0 Å². The highest BCUT2D eigenvalue weighted by Gasteiger charge is 1.99. The molecule has 0 radical (unpaired) electrons. The fourth-order valence-corrected chi connectivity index (χ4v) is 1.73. The Morgan fingerprint density at radius 3 is 3.20 bits per heavy atom. The first kappa shape index (κ1) is 5.51. The monoisotopic (exact) mass is 148 g/mol. The Labute approximate surface area is 61.7 Å². The third kappa shape index (κ3) is 0.630. The summed E-state index contributed by atoms with van der Waals surface area (Å²) in [6.07, 6.45) is 1.88. The van der Waals surface area contributed by atoms with Gasteiger partial charge in [0.1, 0.15) is 10.9 Å². The molecule has 2 heterocycles. The maximum absolute atomic E-state index is 8.50. The van der Waals surface area contributed by atoms with Crippen molar-refractivity contribution in [2.24, 2.45) is 0 Å². The van der Waals surface area contributed by atoms with E-state index in [9.17, 15) is 0 Å². The highest BCUT2D eigenvalue weighted by Crippen LogP contribution is 2.22. The molecular weight excluding hydrogens is 144 g/mol. The van der Waals surface area contributed by atoms with Crippen LogP contribution in [0.25, 0.3) is 10.2 Å². The maximum atomic E-state index is 8.50. The predicted octanol–water partition coefficient (Wildman–Crippen LogP) is 2.10. The number of aromatic amines is 1. The van der Waals surface area contributed by atoms with Gasteiger partial charge in [0.25, 0.3) is 0 Å². The number of rotatable bonds is 0. The van der Waals surface area contributed by atoms with Crippen LogP contribution in [0.2, 0.25) is 0 Å². The average Bonchev–Trinajstić information content (AvgIpc) is 2.42. The van der Waals surface area contributed by atoms with E-state index in [4.69, 9.17) is 5.26 Å². The smallest absolute Gasteiger partial charge is 0.110 e. The van der Waals surface area contributed by atoms with E-state index in [0.717, 1.165) is 15.1 Å². The normalized spacial score (nSPS) is 9.90. The summed E-state index contributed by atoms with van der Waals surface area (Å²) < 4.78 is 1.15. The number of nitrogens with zero attached hydrogens (tertiary/aromatic N) is 1. The molecule has 2 aromatic heterocycles. The number of nitriles is 1. The van der Waals surface area contributed by atoms with E-state index in [1.807, 2.05) is 18.3 Å². The van der Waals surface area contributed by atoms with Crippen LogP contribution in [0.15, 0.2) is 18.3 Å². The number of H-pyrrole nitrogens is 1. The van der Waals surface area contributed by atoms with Gasteiger partial charge >= 0.3 is 0 Å². The Hall–Kier alpha value is -1.27. The van der Waals surface area contributed by atoms with Gasteiger partial charge in [0.2, 0.25) is 0 Å². The molecule has 3 heteroatoms. The number of hydrogen-bond donors (Lipinski definition) is 1. The van der Waals surface area contributed by atoms with Gasteiger partial charge in [-0.15, -0.1) is 11.3 Å². The maximum Gasteiger partial charge on any atom is 0.110 e. The Morgan fingerprint density at radius 2 is 2.50 bits per heavy atom. The molecule has 48 valence electrons. The van der Waals surface area contributed by atoms with Crippen LogP contribution in [0.4, 0.5) is 0 Å². The Bertz CT molecular complexity index is 362. The molecule has 0 unspecified atom stereocenters. The number of aromatic nitrogens is 1. The summed E-state index contributed by atoms with van der Waals surface area (Å²) in [4.78, 5) is 3.80. The summed E-state index contributed by atoms with van der Waals surface area (Å²) in [5.41, 5.74) is 1.06. The minimum atomic E-state index is 0.766. The topological polar surface area (TPSA) is 39.6 Å². The highest BCUT2D eigenvalue weighted by molar-refractivity contribution is 7.19. The standard InChI is InChI=1S/C7H4N2S/c8-4-5-3-6-7(10-5)1-2-9-6/h1-3,9H. The third-order valence-corrected chi connectivity index (χ3v) is 2.35. The zero-order valence-corrected chi connectivity index (χ0v) is 5.90. The van der Waals surface area contributed by atoms with Gasteiger partial charge < -0.3 is 4.98 Å². The van der Waals surface area contributed by atoms with Crippen molar-refractivity contribution in [3.63, 3.8) is 0 Å². The quantitative estimate of drug-likeness (QED) is 0.610. The SMILES string of the molecule is N#Cc1cc2[nH]ccc2s1. The summed E-state index contributed by atoms with van der Waals surface area (Å²) in [5, 5.41) is 8.50. The summed E-state index contributed by atoms with van der Waals surface area (Å²) in [7, 11) is 0. The zero-order chi connectivity index (χ0) is 6.97. The summed E-state index contributed by atoms with van der Waals surface area (Å²) in [6, 6.07) is 5.94. The summed E-state index contributed by atoms with van der Waals surface area (Å²) >= 11 is 1.51. The minimum absolute atomic E-state index is 0.766. The van der Waals surface area contributed by atoms with Crippen molar-refractivity contribution < 1.29 is 0 Å². The lowest BCUT2D eigenvalue weighted by molar-refractivity contribution is 1.47. The molecule has 0 aromatic carbocycles. The summed E-state index contributed by atoms with van der Waals surface area (Å²) in [5.74, 6) is 0. The Morgan fingerprint density at radius 1 is 1.60 bits per heavy atom. The molecule has 0 spiro atoms. The Kier molecular flexibility index (Phi) is 1.02. The van der Waals surface area contributed by atoms with Crippen molar-refractivity contribution in [2.75, 3.05) is 0 Å².